The molecule has 1 atom stereocenters. The molecule has 0 heterocycles. The summed E-state index contributed by atoms with van der Waals surface area (Å²) >= 11 is 0. The van der Waals surface area contributed by atoms with Gasteiger partial charge in [0, 0.05) is 19.3 Å². The number of hydrogen-bond donors (Lipinski definition) is 0. The molecule has 0 aliphatic carbocycles. The molecule has 6 nitrogen and oxygen atoms in total. The Labute approximate surface area is 406 Å². The van der Waals surface area contributed by atoms with Gasteiger partial charge in [-0.2, -0.15) is 0 Å². The summed E-state index contributed by atoms with van der Waals surface area (Å²) in [4.78, 5) is 38.1. The van der Waals surface area contributed by atoms with Crippen molar-refractivity contribution in [3.8, 4) is 0 Å². The summed E-state index contributed by atoms with van der Waals surface area (Å²) in [5, 5.41) is 0. The van der Waals surface area contributed by atoms with Gasteiger partial charge < -0.3 is 14.2 Å². The lowest BCUT2D eigenvalue weighted by molar-refractivity contribution is -0.167. The highest BCUT2D eigenvalue weighted by molar-refractivity contribution is 5.71. The number of unbranched alkanes of at least 4 members (excludes halogenated alkanes) is 22. The molecule has 0 aromatic rings. The van der Waals surface area contributed by atoms with Crippen molar-refractivity contribution in [3.63, 3.8) is 0 Å². The van der Waals surface area contributed by atoms with Crippen molar-refractivity contribution in [2.45, 2.75) is 239 Å². The molecule has 0 rings (SSSR count). The number of carbonyl (C=O) groups is 3. The van der Waals surface area contributed by atoms with E-state index >= 15 is 0 Å². The van der Waals surface area contributed by atoms with Crippen molar-refractivity contribution in [1.82, 2.24) is 0 Å². The van der Waals surface area contributed by atoms with E-state index in [9.17, 15) is 14.4 Å². The highest BCUT2D eigenvalue weighted by Crippen LogP contribution is 2.14. The number of ether oxygens (including phenoxy) is 3. The first-order chi connectivity index (χ1) is 32.5. The van der Waals surface area contributed by atoms with Crippen LogP contribution in [0.4, 0.5) is 0 Å². The maximum Gasteiger partial charge on any atom is 0.306 e. The molecule has 0 radical (unpaired) electrons. The zero-order valence-electron chi connectivity index (χ0n) is 42.7. The lowest BCUT2D eigenvalue weighted by Gasteiger charge is -2.18. The third-order valence-corrected chi connectivity index (χ3v) is 11.1. The minimum atomic E-state index is -0.804. The molecule has 0 aliphatic heterocycles. The maximum absolute atomic E-state index is 12.8. The van der Waals surface area contributed by atoms with E-state index in [0.717, 1.165) is 103 Å². The van der Waals surface area contributed by atoms with Gasteiger partial charge in [-0.3, -0.25) is 14.4 Å². The van der Waals surface area contributed by atoms with Crippen molar-refractivity contribution in [3.05, 3.63) is 109 Å². The second-order valence-corrected chi connectivity index (χ2v) is 17.5. The quantitative estimate of drug-likeness (QED) is 0.0199. The third kappa shape index (κ3) is 51.1. The summed E-state index contributed by atoms with van der Waals surface area (Å²) in [5.41, 5.74) is 0. The van der Waals surface area contributed by atoms with Crippen LogP contribution in [0.5, 0.6) is 0 Å². The van der Waals surface area contributed by atoms with Gasteiger partial charge in [-0.15, -0.1) is 0 Å². The van der Waals surface area contributed by atoms with Crippen LogP contribution in [0, 0.1) is 0 Å². The normalized spacial score (nSPS) is 13.0. The van der Waals surface area contributed by atoms with Crippen LogP contribution in [0.15, 0.2) is 109 Å². The summed E-state index contributed by atoms with van der Waals surface area (Å²) in [6.45, 7) is 6.31. The first-order valence-electron chi connectivity index (χ1n) is 27.0. The van der Waals surface area contributed by atoms with E-state index in [1.807, 2.05) is 36.5 Å². The Morgan fingerprint density at radius 1 is 0.333 bits per heavy atom. The van der Waals surface area contributed by atoms with Crippen LogP contribution in [0.25, 0.3) is 0 Å². The molecule has 0 aliphatic rings. The Kier molecular flexibility index (Phi) is 50.5. The van der Waals surface area contributed by atoms with E-state index in [0.29, 0.717) is 19.3 Å². The van der Waals surface area contributed by atoms with Crippen LogP contribution in [-0.4, -0.2) is 37.2 Å². The Morgan fingerprint density at radius 3 is 1.14 bits per heavy atom. The van der Waals surface area contributed by atoms with Gasteiger partial charge in [0.1, 0.15) is 13.2 Å². The van der Waals surface area contributed by atoms with Crippen LogP contribution in [-0.2, 0) is 28.6 Å². The highest BCUT2D eigenvalue weighted by atomic mass is 16.6. The lowest BCUT2D eigenvalue weighted by atomic mass is 10.1. The van der Waals surface area contributed by atoms with Crippen molar-refractivity contribution in [2.75, 3.05) is 13.2 Å². The molecule has 0 amide bonds. The van der Waals surface area contributed by atoms with E-state index in [-0.39, 0.29) is 31.1 Å². The highest BCUT2D eigenvalue weighted by Gasteiger charge is 2.19. The molecule has 66 heavy (non-hydrogen) atoms. The molecular formula is C60H98O6. The zero-order chi connectivity index (χ0) is 47.9. The van der Waals surface area contributed by atoms with Crippen LogP contribution in [0.3, 0.4) is 0 Å². The average molecular weight is 915 g/mol. The van der Waals surface area contributed by atoms with Crippen LogP contribution >= 0.6 is 0 Å². The van der Waals surface area contributed by atoms with Crippen LogP contribution in [0.1, 0.15) is 233 Å². The number of rotatable bonds is 47. The first-order valence-corrected chi connectivity index (χ1v) is 27.0. The Bertz CT molecular complexity index is 1370. The van der Waals surface area contributed by atoms with Gasteiger partial charge in [0.25, 0.3) is 0 Å². The average Bonchev–Trinajstić information content (AvgIpc) is 3.31. The van der Waals surface area contributed by atoms with Crippen molar-refractivity contribution in [1.29, 1.82) is 0 Å². The molecule has 374 valence electrons. The second-order valence-electron chi connectivity index (χ2n) is 17.5. The molecule has 0 saturated heterocycles. The number of carbonyl (C=O) groups excluding carboxylic acids is 3. The molecular weight excluding hydrogens is 817 g/mol. The molecule has 0 saturated carbocycles. The Balaban J connectivity index is 4.44. The van der Waals surface area contributed by atoms with E-state index in [1.165, 1.54) is 89.9 Å². The van der Waals surface area contributed by atoms with Gasteiger partial charge in [-0.05, 0) is 96.3 Å². The lowest BCUT2D eigenvalue weighted by Crippen LogP contribution is -2.30. The molecule has 0 bridgehead atoms. The first kappa shape index (κ1) is 62.1. The summed E-state index contributed by atoms with van der Waals surface area (Å²) < 4.78 is 16.8. The predicted molar refractivity (Wildman–Crippen MR) is 283 cm³/mol. The van der Waals surface area contributed by atoms with E-state index in [4.69, 9.17) is 14.2 Å². The molecule has 0 aromatic carbocycles. The standard InChI is InChI=1S/C60H98O6/c1-4-7-10-13-16-19-22-25-27-29-30-31-33-35-38-41-44-47-50-53-59(62)65-56-57(55-64-58(61)52-49-46-43-40-37-34-24-21-18-15-12-9-6-3)66-60(63)54-51-48-45-42-39-36-32-28-26-23-20-17-14-11-8-5-2/h8-9,11-12,15-22,24-26,28,34,37,57H,4-7,10,13-14,23,27,29-33,35-36,38-56H2,1-3H3/b11-8+,12-9+,18-15+,19-16+,20-17+,24-21+,25-22+,28-26+,37-34+. The predicted octanol–water partition coefficient (Wildman–Crippen LogP) is 17.9. The van der Waals surface area contributed by atoms with Gasteiger partial charge in [0.15, 0.2) is 6.10 Å². The van der Waals surface area contributed by atoms with Gasteiger partial charge in [-0.1, -0.05) is 226 Å². The van der Waals surface area contributed by atoms with Crippen LogP contribution < -0.4 is 0 Å². The number of esters is 3. The molecule has 0 aromatic heterocycles. The summed E-state index contributed by atoms with van der Waals surface area (Å²) in [6, 6.07) is 0. The van der Waals surface area contributed by atoms with E-state index in [1.54, 1.807) is 0 Å². The fourth-order valence-electron chi connectivity index (χ4n) is 7.10. The van der Waals surface area contributed by atoms with Crippen LogP contribution in [0.2, 0.25) is 0 Å². The summed E-state index contributed by atoms with van der Waals surface area (Å²) in [5.74, 6) is -0.960. The summed E-state index contributed by atoms with van der Waals surface area (Å²) in [7, 11) is 0. The summed E-state index contributed by atoms with van der Waals surface area (Å²) in [6.07, 6.45) is 72.2. The third-order valence-electron chi connectivity index (χ3n) is 11.1. The van der Waals surface area contributed by atoms with Crippen molar-refractivity contribution < 1.29 is 28.6 Å². The van der Waals surface area contributed by atoms with Gasteiger partial charge in [0.05, 0.1) is 0 Å². The van der Waals surface area contributed by atoms with Gasteiger partial charge >= 0.3 is 17.9 Å². The van der Waals surface area contributed by atoms with E-state index < -0.39 is 6.10 Å². The SMILES string of the molecule is CC/C=C/C=C/C=C/C=C/CCCCCC(=O)OCC(COC(=O)CCCCCCCCCCCC/C=C/C=C/CCCCC)OC(=O)CCCCCCCC/C=C/C/C=C/C/C=C/CC. The fraction of sp³-hybridized carbons (Fsp3) is 0.650. The number of hydrogen-bond acceptors (Lipinski definition) is 6. The molecule has 0 spiro atoms. The van der Waals surface area contributed by atoms with Gasteiger partial charge in [0.2, 0.25) is 0 Å². The smallest absolute Gasteiger partial charge is 0.306 e. The number of allylic oxidation sites excluding steroid dienone is 18. The monoisotopic (exact) mass is 915 g/mol. The largest absolute Gasteiger partial charge is 0.462 e. The minimum Gasteiger partial charge on any atom is -0.462 e. The Morgan fingerprint density at radius 2 is 0.667 bits per heavy atom. The van der Waals surface area contributed by atoms with E-state index in [2.05, 4.69) is 93.7 Å². The second kappa shape index (κ2) is 53.7. The van der Waals surface area contributed by atoms with Crippen molar-refractivity contribution >= 4 is 17.9 Å². The molecule has 0 fully saturated rings. The maximum atomic E-state index is 12.8. The van der Waals surface area contributed by atoms with Gasteiger partial charge in [-0.25, -0.2) is 0 Å². The Hall–Kier alpha value is -3.93. The molecule has 1 unspecified atom stereocenters. The fourth-order valence-corrected chi connectivity index (χ4v) is 7.10. The molecule has 0 N–H and O–H groups in total. The topological polar surface area (TPSA) is 78.9 Å². The molecule has 6 heteroatoms. The van der Waals surface area contributed by atoms with Crippen molar-refractivity contribution in [2.24, 2.45) is 0 Å². The minimum absolute atomic E-state index is 0.0998. The zero-order valence-corrected chi connectivity index (χ0v) is 42.7.